The van der Waals surface area contributed by atoms with Gasteiger partial charge in [-0.25, -0.2) is 4.99 Å². The maximum absolute atomic E-state index is 6.14. The molecule has 2 aromatic rings. The number of aliphatic imine (C=N–C) groups is 1. The molecule has 7 heteroatoms. The minimum Gasteiger partial charge on any atom is -0.497 e. The molecule has 0 spiro atoms. The van der Waals surface area contributed by atoms with E-state index in [1.165, 1.54) is 5.56 Å². The van der Waals surface area contributed by atoms with E-state index in [-0.39, 0.29) is 24.0 Å². The van der Waals surface area contributed by atoms with Crippen LogP contribution in [0, 0.1) is 0 Å². The first kappa shape index (κ1) is 27.4. The number of ether oxygens (including phenoxy) is 2. The van der Waals surface area contributed by atoms with E-state index in [0.717, 1.165) is 75.9 Å². The van der Waals surface area contributed by atoms with Gasteiger partial charge in [0.1, 0.15) is 5.75 Å². The Bertz CT molecular complexity index is 794. The van der Waals surface area contributed by atoms with Crippen molar-refractivity contribution in [1.29, 1.82) is 0 Å². The van der Waals surface area contributed by atoms with Gasteiger partial charge in [-0.2, -0.15) is 0 Å². The molecule has 33 heavy (non-hydrogen) atoms. The number of hydrogen-bond donors (Lipinski definition) is 2. The molecular weight excluding hydrogens is 527 g/mol. The summed E-state index contributed by atoms with van der Waals surface area (Å²) in [5, 5.41) is 6.72. The summed E-state index contributed by atoms with van der Waals surface area (Å²) in [5.74, 6) is 1.71. The number of halogens is 1. The second-order valence-corrected chi connectivity index (χ2v) is 8.16. The van der Waals surface area contributed by atoms with Gasteiger partial charge in [0.05, 0.1) is 19.8 Å². The number of guanidine groups is 1. The number of nitrogens with zero attached hydrogens (tertiary/aromatic N) is 2. The normalized spacial score (nSPS) is 15.0. The molecule has 0 unspecified atom stereocenters. The van der Waals surface area contributed by atoms with Crippen molar-refractivity contribution >= 4 is 29.9 Å². The largest absolute Gasteiger partial charge is 0.497 e. The highest BCUT2D eigenvalue weighted by atomic mass is 127. The molecule has 0 aliphatic carbocycles. The fourth-order valence-corrected chi connectivity index (χ4v) is 3.85. The van der Waals surface area contributed by atoms with Gasteiger partial charge in [0.2, 0.25) is 0 Å². The Morgan fingerprint density at radius 3 is 2.39 bits per heavy atom. The van der Waals surface area contributed by atoms with Crippen molar-refractivity contribution in [3.8, 4) is 5.75 Å². The average Bonchev–Trinajstić information content (AvgIpc) is 2.84. The molecule has 0 amide bonds. The third kappa shape index (κ3) is 10.3. The van der Waals surface area contributed by atoms with Crippen LogP contribution in [0.1, 0.15) is 37.3 Å². The molecule has 1 aliphatic rings. The Labute approximate surface area is 216 Å². The number of benzene rings is 2. The quantitative estimate of drug-likeness (QED) is 0.182. The number of likely N-dealkylation sites (tertiary alicyclic amines) is 1. The first-order chi connectivity index (χ1) is 15.8. The first-order valence-corrected chi connectivity index (χ1v) is 11.8. The van der Waals surface area contributed by atoms with Crippen LogP contribution in [0.25, 0.3) is 0 Å². The van der Waals surface area contributed by atoms with Crippen molar-refractivity contribution < 1.29 is 9.47 Å². The lowest BCUT2D eigenvalue weighted by Crippen LogP contribution is -2.38. The van der Waals surface area contributed by atoms with Crippen LogP contribution in [0.2, 0.25) is 0 Å². The number of nitrogens with one attached hydrogen (secondary N) is 2. The van der Waals surface area contributed by atoms with Gasteiger partial charge in [0.15, 0.2) is 5.96 Å². The molecule has 182 valence electrons. The number of hydrogen-bond acceptors (Lipinski definition) is 4. The minimum atomic E-state index is 0. The van der Waals surface area contributed by atoms with Crippen LogP contribution in [0.5, 0.6) is 5.75 Å². The molecule has 2 N–H and O–H groups in total. The van der Waals surface area contributed by atoms with Crippen LogP contribution in [0.15, 0.2) is 59.6 Å². The summed E-state index contributed by atoms with van der Waals surface area (Å²) < 4.78 is 11.3. The topological polar surface area (TPSA) is 58.1 Å². The van der Waals surface area contributed by atoms with Gasteiger partial charge >= 0.3 is 0 Å². The lowest BCUT2D eigenvalue weighted by molar-refractivity contribution is 0.00534. The van der Waals surface area contributed by atoms with Crippen LogP contribution >= 0.6 is 24.0 Å². The van der Waals surface area contributed by atoms with Crippen molar-refractivity contribution in [2.45, 2.75) is 45.4 Å². The number of piperidine rings is 1. The molecule has 6 nitrogen and oxygen atoms in total. The van der Waals surface area contributed by atoms with Crippen molar-refractivity contribution in [3.63, 3.8) is 0 Å². The molecule has 0 saturated carbocycles. The molecule has 1 heterocycles. The van der Waals surface area contributed by atoms with Gasteiger partial charge in [0.25, 0.3) is 0 Å². The molecular formula is C26H39IN4O2. The lowest BCUT2D eigenvalue weighted by atomic mass is 10.1. The van der Waals surface area contributed by atoms with E-state index in [1.54, 1.807) is 7.11 Å². The van der Waals surface area contributed by atoms with E-state index < -0.39 is 0 Å². The van der Waals surface area contributed by atoms with Crippen molar-refractivity contribution in [1.82, 2.24) is 15.5 Å². The predicted octanol–water partition coefficient (Wildman–Crippen LogP) is 4.44. The fraction of sp³-hybridized carbons (Fsp3) is 0.500. The molecule has 0 aromatic heterocycles. The van der Waals surface area contributed by atoms with Crippen LogP contribution in [-0.4, -0.2) is 56.9 Å². The standard InChI is InChI=1S/C26H38N4O2.HI/c1-3-27-26(29-20-22-10-12-24(31-2)13-11-22)28-16-7-19-32-25-14-17-30(18-15-25)21-23-8-5-4-6-9-23;/h4-6,8-13,25H,3,7,14-21H2,1-2H3,(H2,27,28,29);1H. The zero-order chi connectivity index (χ0) is 22.4. The summed E-state index contributed by atoms with van der Waals surface area (Å²) >= 11 is 0. The molecule has 3 rings (SSSR count). The maximum Gasteiger partial charge on any atom is 0.191 e. The highest BCUT2D eigenvalue weighted by Crippen LogP contribution is 2.16. The van der Waals surface area contributed by atoms with Crippen LogP contribution < -0.4 is 15.4 Å². The Morgan fingerprint density at radius 2 is 1.73 bits per heavy atom. The van der Waals surface area contributed by atoms with E-state index in [0.29, 0.717) is 12.6 Å². The van der Waals surface area contributed by atoms with Gasteiger partial charge in [-0.05, 0) is 49.4 Å². The highest BCUT2D eigenvalue weighted by molar-refractivity contribution is 14.0. The second kappa shape index (κ2) is 15.9. The first-order valence-electron chi connectivity index (χ1n) is 11.8. The van der Waals surface area contributed by atoms with Crippen LogP contribution in [0.3, 0.4) is 0 Å². The summed E-state index contributed by atoms with van der Waals surface area (Å²) in [6.07, 6.45) is 3.59. The average molecular weight is 567 g/mol. The summed E-state index contributed by atoms with van der Waals surface area (Å²) in [7, 11) is 1.68. The third-order valence-electron chi connectivity index (χ3n) is 5.67. The number of methoxy groups -OCH3 is 1. The van der Waals surface area contributed by atoms with E-state index in [1.807, 2.05) is 24.3 Å². The Kier molecular flexibility index (Phi) is 13.2. The van der Waals surface area contributed by atoms with Gasteiger partial charge in [-0.15, -0.1) is 24.0 Å². The Hall–Kier alpha value is -1.84. The monoisotopic (exact) mass is 566 g/mol. The zero-order valence-electron chi connectivity index (χ0n) is 20.0. The second-order valence-electron chi connectivity index (χ2n) is 8.16. The van der Waals surface area contributed by atoms with Gasteiger partial charge in [-0.3, -0.25) is 4.90 Å². The highest BCUT2D eigenvalue weighted by Gasteiger charge is 2.19. The number of rotatable bonds is 11. The zero-order valence-corrected chi connectivity index (χ0v) is 22.3. The molecule has 0 bridgehead atoms. The summed E-state index contributed by atoms with van der Waals surface area (Å²) in [6.45, 7) is 8.46. The van der Waals surface area contributed by atoms with Crippen LogP contribution in [-0.2, 0) is 17.8 Å². The molecule has 1 saturated heterocycles. The van der Waals surface area contributed by atoms with E-state index in [2.05, 4.69) is 57.8 Å². The fourth-order valence-electron chi connectivity index (χ4n) is 3.85. The van der Waals surface area contributed by atoms with E-state index >= 15 is 0 Å². The molecule has 1 fully saturated rings. The Morgan fingerprint density at radius 1 is 1.00 bits per heavy atom. The Balaban J connectivity index is 0.00000385. The minimum absolute atomic E-state index is 0. The summed E-state index contributed by atoms with van der Waals surface area (Å²) in [4.78, 5) is 7.20. The van der Waals surface area contributed by atoms with Crippen molar-refractivity contribution in [2.24, 2.45) is 4.99 Å². The molecule has 0 radical (unpaired) electrons. The third-order valence-corrected chi connectivity index (χ3v) is 5.67. The van der Waals surface area contributed by atoms with Gasteiger partial charge in [0, 0.05) is 39.3 Å². The lowest BCUT2D eigenvalue weighted by Gasteiger charge is -2.32. The van der Waals surface area contributed by atoms with E-state index in [4.69, 9.17) is 9.47 Å². The molecule has 1 aliphatic heterocycles. The van der Waals surface area contributed by atoms with Gasteiger partial charge in [-0.1, -0.05) is 42.5 Å². The smallest absolute Gasteiger partial charge is 0.191 e. The van der Waals surface area contributed by atoms with Gasteiger partial charge < -0.3 is 20.1 Å². The summed E-state index contributed by atoms with van der Waals surface area (Å²) in [5.41, 5.74) is 2.55. The molecule has 2 aromatic carbocycles. The van der Waals surface area contributed by atoms with Crippen LogP contribution in [0.4, 0.5) is 0 Å². The maximum atomic E-state index is 6.14. The van der Waals surface area contributed by atoms with Crippen molar-refractivity contribution in [2.75, 3.05) is 39.9 Å². The summed E-state index contributed by atoms with van der Waals surface area (Å²) in [6, 6.07) is 18.7. The van der Waals surface area contributed by atoms with Crippen molar-refractivity contribution in [3.05, 3.63) is 65.7 Å². The molecule has 0 atom stereocenters. The SMILES string of the molecule is CCNC(=NCc1ccc(OC)cc1)NCCCOC1CCN(Cc2ccccc2)CC1.I. The van der Waals surface area contributed by atoms with E-state index in [9.17, 15) is 0 Å². The predicted molar refractivity (Wildman–Crippen MR) is 147 cm³/mol.